The van der Waals surface area contributed by atoms with Crippen LogP contribution in [0.2, 0.25) is 0 Å². The first-order chi connectivity index (χ1) is 17.5. The molecule has 0 bridgehead atoms. The molecule has 194 valence electrons. The summed E-state index contributed by atoms with van der Waals surface area (Å²) in [4.78, 5) is 36.5. The molecule has 1 unspecified atom stereocenters. The number of hydrogen-bond donors (Lipinski definition) is 3. The van der Waals surface area contributed by atoms with Crippen molar-refractivity contribution in [1.29, 1.82) is 5.26 Å². The van der Waals surface area contributed by atoms with Crippen LogP contribution in [0.1, 0.15) is 63.1 Å². The Hall–Kier alpha value is -4.06. The van der Waals surface area contributed by atoms with Crippen LogP contribution in [-0.4, -0.2) is 45.6 Å². The number of rotatable bonds is 6. The van der Waals surface area contributed by atoms with Crippen molar-refractivity contribution < 1.29 is 14.3 Å². The highest BCUT2D eigenvalue weighted by atomic mass is 16.6. The van der Waals surface area contributed by atoms with Crippen molar-refractivity contribution in [2.45, 2.75) is 65.1 Å². The van der Waals surface area contributed by atoms with E-state index >= 15 is 0 Å². The largest absolute Gasteiger partial charge is 0.444 e. The maximum absolute atomic E-state index is 13.8. The van der Waals surface area contributed by atoms with Crippen molar-refractivity contribution in [1.82, 2.24) is 20.2 Å². The number of likely N-dealkylation sites (tertiary alicyclic amines) is 1. The first kappa shape index (κ1) is 26.0. The molecular formula is C28H34N6O3. The summed E-state index contributed by atoms with van der Waals surface area (Å²) in [5.41, 5.74) is 2.54. The minimum atomic E-state index is -1.31. The molecule has 4 rings (SSSR count). The fraction of sp³-hybridized carbons (Fsp3) is 0.429. The van der Waals surface area contributed by atoms with Crippen molar-refractivity contribution in [3.63, 3.8) is 0 Å². The number of anilines is 1. The van der Waals surface area contributed by atoms with Crippen LogP contribution in [0.4, 0.5) is 10.5 Å². The molecule has 3 N–H and O–H groups in total. The monoisotopic (exact) mass is 502 g/mol. The number of nitriles is 1. The van der Waals surface area contributed by atoms with Gasteiger partial charge in [0, 0.05) is 18.8 Å². The van der Waals surface area contributed by atoms with Gasteiger partial charge < -0.3 is 25.3 Å². The molecule has 9 heteroatoms. The summed E-state index contributed by atoms with van der Waals surface area (Å²) in [6.45, 7) is 10.8. The second kappa shape index (κ2) is 10.1. The lowest BCUT2D eigenvalue weighted by molar-refractivity contribution is -0.137. The van der Waals surface area contributed by atoms with Crippen LogP contribution < -0.4 is 10.6 Å². The van der Waals surface area contributed by atoms with Gasteiger partial charge in [-0.1, -0.05) is 6.07 Å². The zero-order valence-electron chi connectivity index (χ0n) is 22.1. The molecular weight excluding hydrogens is 468 g/mol. The number of carbonyl (C=O) groups excluding carboxylic acids is 2. The van der Waals surface area contributed by atoms with Crippen molar-refractivity contribution in [2.24, 2.45) is 0 Å². The Bertz CT molecular complexity index is 1340. The van der Waals surface area contributed by atoms with Crippen LogP contribution >= 0.6 is 0 Å². The number of carbonyl (C=O) groups is 2. The van der Waals surface area contributed by atoms with Crippen molar-refractivity contribution >= 4 is 28.7 Å². The molecule has 0 radical (unpaired) electrons. The number of fused-ring (bicyclic) bond motifs is 1. The summed E-state index contributed by atoms with van der Waals surface area (Å²) >= 11 is 0. The highest BCUT2D eigenvalue weighted by Gasteiger charge is 2.43. The number of benzene rings is 2. The molecule has 1 atom stereocenters. The zero-order valence-corrected chi connectivity index (χ0v) is 22.1. The van der Waals surface area contributed by atoms with E-state index in [9.17, 15) is 9.59 Å². The molecule has 2 amide bonds. The zero-order chi connectivity index (χ0) is 26.8. The minimum absolute atomic E-state index is 0.156. The lowest BCUT2D eigenvalue weighted by atomic mass is 9.86. The molecule has 2 aromatic carbocycles. The number of hydrogen-bond acceptors (Lipinski definition) is 6. The average Bonchev–Trinajstić information content (AvgIpc) is 3.52. The predicted octanol–water partition coefficient (Wildman–Crippen LogP) is 4.72. The Morgan fingerprint density at radius 1 is 1.11 bits per heavy atom. The summed E-state index contributed by atoms with van der Waals surface area (Å²) in [5, 5.41) is 15.2. The van der Waals surface area contributed by atoms with Gasteiger partial charge in [0.05, 0.1) is 29.2 Å². The van der Waals surface area contributed by atoms with E-state index in [1.807, 2.05) is 31.2 Å². The maximum atomic E-state index is 13.8. The lowest BCUT2D eigenvalue weighted by Gasteiger charge is -2.35. The molecule has 2 heterocycles. The van der Waals surface area contributed by atoms with Gasteiger partial charge in [-0.3, -0.25) is 4.79 Å². The van der Waals surface area contributed by atoms with E-state index < -0.39 is 17.2 Å². The van der Waals surface area contributed by atoms with E-state index in [-0.39, 0.29) is 5.91 Å². The van der Waals surface area contributed by atoms with E-state index in [0.29, 0.717) is 30.8 Å². The van der Waals surface area contributed by atoms with Gasteiger partial charge in [0.1, 0.15) is 17.0 Å². The third-order valence-corrected chi connectivity index (χ3v) is 6.54. The van der Waals surface area contributed by atoms with Crippen molar-refractivity contribution in [3.05, 3.63) is 58.9 Å². The van der Waals surface area contributed by atoms with Crippen LogP contribution in [0.3, 0.4) is 0 Å². The van der Waals surface area contributed by atoms with Crippen molar-refractivity contribution in [3.8, 4) is 6.07 Å². The Balaban J connectivity index is 1.64. The summed E-state index contributed by atoms with van der Waals surface area (Å²) in [5.74, 6) is 0.573. The molecule has 1 aliphatic heterocycles. The first-order valence-electron chi connectivity index (χ1n) is 12.5. The number of alkyl carbamates (subject to hydrolysis) is 1. The average molecular weight is 503 g/mol. The number of aryl methyl sites for hydroxylation is 1. The Morgan fingerprint density at radius 2 is 1.78 bits per heavy atom. The number of imidazole rings is 1. The summed E-state index contributed by atoms with van der Waals surface area (Å²) < 4.78 is 5.52. The Kier molecular flexibility index (Phi) is 7.12. The highest BCUT2D eigenvalue weighted by molar-refractivity contribution is 5.93. The molecule has 1 aromatic heterocycles. The van der Waals surface area contributed by atoms with E-state index in [2.05, 4.69) is 21.7 Å². The van der Waals surface area contributed by atoms with Crippen LogP contribution in [0.15, 0.2) is 36.4 Å². The molecule has 1 saturated heterocycles. The number of nitrogens with one attached hydrogen (secondary N) is 3. The molecule has 9 nitrogen and oxygen atoms in total. The Labute approximate surface area is 217 Å². The number of nitrogens with zero attached hydrogens (tertiary/aromatic N) is 3. The number of H-pyrrole nitrogens is 1. The lowest BCUT2D eigenvalue weighted by Crippen LogP contribution is -2.56. The van der Waals surface area contributed by atoms with Crippen LogP contribution in [-0.2, 0) is 21.6 Å². The van der Waals surface area contributed by atoms with Gasteiger partial charge in [-0.25, -0.2) is 9.78 Å². The molecule has 0 aliphatic carbocycles. The fourth-order valence-electron chi connectivity index (χ4n) is 4.72. The van der Waals surface area contributed by atoms with E-state index in [4.69, 9.17) is 15.0 Å². The third-order valence-electron chi connectivity index (χ3n) is 6.54. The molecule has 1 fully saturated rings. The van der Waals surface area contributed by atoms with Gasteiger partial charge in [0.25, 0.3) is 5.91 Å². The third kappa shape index (κ3) is 5.69. The summed E-state index contributed by atoms with van der Waals surface area (Å²) in [6.07, 6.45) is 1.25. The quantitative estimate of drug-likeness (QED) is 0.448. The predicted molar refractivity (Wildman–Crippen MR) is 142 cm³/mol. The van der Waals surface area contributed by atoms with Gasteiger partial charge in [0.2, 0.25) is 0 Å². The van der Waals surface area contributed by atoms with Crippen LogP contribution in [0, 0.1) is 18.3 Å². The minimum Gasteiger partial charge on any atom is -0.444 e. The van der Waals surface area contributed by atoms with E-state index in [1.165, 1.54) is 0 Å². The van der Waals surface area contributed by atoms with Gasteiger partial charge in [-0.05, 0) is 88.9 Å². The SMILES string of the molecule is Cc1c(C(C)(NC(=O)OC(C)(C)C)C(=O)N2CCCC2)ccc2[nH]c(CNc3ccc(C#N)cc3)nc12. The first-order valence-corrected chi connectivity index (χ1v) is 12.5. The van der Waals surface area contributed by atoms with Crippen LogP contribution in [0.5, 0.6) is 0 Å². The van der Waals surface area contributed by atoms with Gasteiger partial charge in [-0.2, -0.15) is 5.26 Å². The summed E-state index contributed by atoms with van der Waals surface area (Å²) in [7, 11) is 0. The van der Waals surface area contributed by atoms with E-state index in [0.717, 1.165) is 41.0 Å². The molecule has 37 heavy (non-hydrogen) atoms. The maximum Gasteiger partial charge on any atom is 0.408 e. The molecule has 1 aliphatic rings. The summed E-state index contributed by atoms with van der Waals surface area (Å²) in [6, 6.07) is 13.1. The van der Waals surface area contributed by atoms with Gasteiger partial charge in [0.15, 0.2) is 0 Å². The highest BCUT2D eigenvalue weighted by Crippen LogP contribution is 2.32. The molecule has 3 aromatic rings. The molecule has 0 spiro atoms. The second-order valence-corrected chi connectivity index (χ2v) is 10.6. The topological polar surface area (TPSA) is 123 Å². The van der Waals surface area contributed by atoms with Gasteiger partial charge >= 0.3 is 6.09 Å². The second-order valence-electron chi connectivity index (χ2n) is 10.6. The fourth-order valence-corrected chi connectivity index (χ4v) is 4.72. The van der Waals surface area contributed by atoms with E-state index in [1.54, 1.807) is 44.7 Å². The number of ether oxygens (including phenoxy) is 1. The normalized spacial score (nSPS) is 15.2. The number of aromatic amines is 1. The number of aromatic nitrogens is 2. The molecule has 0 saturated carbocycles. The number of amides is 2. The van der Waals surface area contributed by atoms with Crippen LogP contribution in [0.25, 0.3) is 11.0 Å². The van der Waals surface area contributed by atoms with Gasteiger partial charge in [-0.15, -0.1) is 0 Å². The van der Waals surface area contributed by atoms with Crippen molar-refractivity contribution in [2.75, 3.05) is 18.4 Å². The standard InChI is InChI=1S/C28H34N6O3/c1-18-21(28(5,25(35)34-14-6-7-15-34)33-26(36)37-27(2,3)4)12-13-22-24(18)32-23(31-22)17-30-20-10-8-19(16-29)9-11-20/h8-13,30H,6-7,14-15,17H2,1-5H3,(H,31,32)(H,33,36). The smallest absolute Gasteiger partial charge is 0.408 e. The Morgan fingerprint density at radius 3 is 2.41 bits per heavy atom.